The Hall–Kier alpha value is -1.99. The summed E-state index contributed by atoms with van der Waals surface area (Å²) in [6.07, 6.45) is 1.21. The Bertz CT molecular complexity index is 638. The van der Waals surface area contributed by atoms with Crippen LogP contribution in [0.1, 0.15) is 11.3 Å². The van der Waals surface area contributed by atoms with Gasteiger partial charge in [0.05, 0.1) is 23.4 Å². The van der Waals surface area contributed by atoms with Gasteiger partial charge in [0, 0.05) is 10.9 Å². The van der Waals surface area contributed by atoms with E-state index < -0.39 is 5.82 Å². The van der Waals surface area contributed by atoms with Gasteiger partial charge >= 0.3 is 0 Å². The summed E-state index contributed by atoms with van der Waals surface area (Å²) in [5.74, 6) is -0.887. The van der Waals surface area contributed by atoms with E-state index in [0.717, 1.165) is 6.21 Å². The highest BCUT2D eigenvalue weighted by atomic mass is 35.5. The Kier molecular flexibility index (Phi) is 4.65. The molecule has 0 aliphatic carbocycles. The number of rotatable bonds is 4. The first-order chi connectivity index (χ1) is 9.56. The minimum Gasteiger partial charge on any atom is -0.375 e. The molecule has 20 heavy (non-hydrogen) atoms. The summed E-state index contributed by atoms with van der Waals surface area (Å²) in [5, 5.41) is 5.96. The summed E-state index contributed by atoms with van der Waals surface area (Å²) >= 11 is 7.06. The molecule has 5 nitrogen and oxygen atoms in total. The molecule has 0 unspecified atom stereocenters. The molecule has 1 amide bonds. The maximum atomic E-state index is 13.4. The first kappa shape index (κ1) is 14.4. The van der Waals surface area contributed by atoms with Crippen molar-refractivity contribution in [1.29, 1.82) is 0 Å². The largest absolute Gasteiger partial charge is 0.375 e. The molecular formula is C12H10ClFN4OS. The Balaban J connectivity index is 1.94. The fourth-order valence-electron chi connectivity index (χ4n) is 1.41. The number of hydrazone groups is 1. The number of amides is 1. The van der Waals surface area contributed by atoms with E-state index in [1.807, 2.05) is 0 Å². The normalized spacial score (nSPS) is 10.9. The molecule has 104 valence electrons. The van der Waals surface area contributed by atoms with E-state index in [1.54, 1.807) is 5.38 Å². The van der Waals surface area contributed by atoms with Crippen LogP contribution in [0.3, 0.4) is 0 Å². The molecule has 0 spiro atoms. The SMILES string of the molecule is Nc1nc(CC(=O)N/N=C/c2c(F)cccc2Cl)cs1. The molecule has 0 fully saturated rings. The van der Waals surface area contributed by atoms with Crippen molar-refractivity contribution in [1.82, 2.24) is 10.4 Å². The summed E-state index contributed by atoms with van der Waals surface area (Å²) in [6, 6.07) is 4.28. The highest BCUT2D eigenvalue weighted by Gasteiger charge is 2.06. The monoisotopic (exact) mass is 312 g/mol. The third-order valence-electron chi connectivity index (χ3n) is 2.29. The Morgan fingerprint density at radius 3 is 3.05 bits per heavy atom. The second-order valence-electron chi connectivity index (χ2n) is 3.78. The molecule has 0 saturated heterocycles. The fourth-order valence-corrected chi connectivity index (χ4v) is 2.19. The predicted octanol–water partition coefficient (Wildman–Crippen LogP) is 2.21. The molecule has 0 aliphatic heterocycles. The Morgan fingerprint density at radius 1 is 1.60 bits per heavy atom. The van der Waals surface area contributed by atoms with Gasteiger partial charge in [-0.1, -0.05) is 17.7 Å². The number of nitrogens with two attached hydrogens (primary N) is 1. The second-order valence-corrected chi connectivity index (χ2v) is 5.08. The first-order valence-electron chi connectivity index (χ1n) is 5.52. The zero-order valence-electron chi connectivity index (χ0n) is 10.1. The maximum Gasteiger partial charge on any atom is 0.246 e. The number of benzene rings is 1. The zero-order valence-corrected chi connectivity index (χ0v) is 11.7. The lowest BCUT2D eigenvalue weighted by molar-refractivity contribution is -0.120. The van der Waals surface area contributed by atoms with Gasteiger partial charge in [0.1, 0.15) is 5.82 Å². The number of nitrogen functional groups attached to an aromatic ring is 1. The number of nitrogens with zero attached hydrogens (tertiary/aromatic N) is 2. The summed E-state index contributed by atoms with van der Waals surface area (Å²) in [7, 11) is 0. The minimum absolute atomic E-state index is 0.0516. The van der Waals surface area contributed by atoms with Gasteiger partial charge in [-0.05, 0) is 12.1 Å². The van der Waals surface area contributed by atoms with E-state index in [-0.39, 0.29) is 22.9 Å². The van der Waals surface area contributed by atoms with Crippen molar-refractivity contribution in [2.75, 3.05) is 5.73 Å². The average molecular weight is 313 g/mol. The van der Waals surface area contributed by atoms with Crippen molar-refractivity contribution < 1.29 is 9.18 Å². The van der Waals surface area contributed by atoms with E-state index in [0.29, 0.717) is 10.8 Å². The summed E-state index contributed by atoms with van der Waals surface area (Å²) in [6.45, 7) is 0. The van der Waals surface area contributed by atoms with Crippen LogP contribution in [0, 0.1) is 5.82 Å². The van der Waals surface area contributed by atoms with Crippen LogP contribution in [0.25, 0.3) is 0 Å². The molecule has 2 rings (SSSR count). The van der Waals surface area contributed by atoms with Gasteiger partial charge < -0.3 is 5.73 Å². The Morgan fingerprint density at radius 2 is 2.40 bits per heavy atom. The number of hydrogen-bond acceptors (Lipinski definition) is 5. The van der Waals surface area contributed by atoms with E-state index in [1.165, 1.54) is 29.5 Å². The lowest BCUT2D eigenvalue weighted by Crippen LogP contribution is -2.20. The number of thiazole rings is 1. The molecule has 8 heteroatoms. The van der Waals surface area contributed by atoms with E-state index >= 15 is 0 Å². The standard InChI is InChI=1S/C12H10ClFN4OS/c13-9-2-1-3-10(14)8(9)5-16-18-11(19)4-7-6-20-12(15)17-7/h1-3,5-6H,4H2,(H2,15,17)(H,18,19)/b16-5+. The number of carbonyl (C=O) groups excluding carboxylic acids is 1. The van der Waals surface area contributed by atoms with Crippen LogP contribution in [-0.4, -0.2) is 17.1 Å². The van der Waals surface area contributed by atoms with Crippen molar-refractivity contribution in [2.24, 2.45) is 5.10 Å². The quantitative estimate of drug-likeness (QED) is 0.671. The van der Waals surface area contributed by atoms with Gasteiger partial charge in [0.25, 0.3) is 0 Å². The number of nitrogens with one attached hydrogen (secondary N) is 1. The smallest absolute Gasteiger partial charge is 0.246 e. The molecule has 0 atom stereocenters. The summed E-state index contributed by atoms with van der Waals surface area (Å²) < 4.78 is 13.4. The molecule has 1 aromatic heterocycles. The van der Waals surface area contributed by atoms with Crippen LogP contribution in [0.5, 0.6) is 0 Å². The van der Waals surface area contributed by atoms with Gasteiger partial charge in [-0.15, -0.1) is 11.3 Å². The van der Waals surface area contributed by atoms with Crippen LogP contribution in [0.4, 0.5) is 9.52 Å². The first-order valence-corrected chi connectivity index (χ1v) is 6.78. The topological polar surface area (TPSA) is 80.4 Å². The van der Waals surface area contributed by atoms with Gasteiger partial charge in [0.15, 0.2) is 5.13 Å². The van der Waals surface area contributed by atoms with Crippen molar-refractivity contribution in [3.63, 3.8) is 0 Å². The summed E-state index contributed by atoms with van der Waals surface area (Å²) in [5.41, 5.74) is 8.40. The van der Waals surface area contributed by atoms with E-state index in [9.17, 15) is 9.18 Å². The third-order valence-corrected chi connectivity index (χ3v) is 3.35. The molecule has 2 aromatic rings. The van der Waals surface area contributed by atoms with Gasteiger partial charge in [-0.2, -0.15) is 5.10 Å². The number of anilines is 1. The average Bonchev–Trinajstić information content (AvgIpc) is 2.78. The highest BCUT2D eigenvalue weighted by Crippen LogP contribution is 2.16. The molecular weight excluding hydrogens is 303 g/mol. The molecule has 0 saturated carbocycles. The highest BCUT2D eigenvalue weighted by molar-refractivity contribution is 7.13. The van der Waals surface area contributed by atoms with Gasteiger partial charge in [-0.3, -0.25) is 4.79 Å². The van der Waals surface area contributed by atoms with E-state index in [2.05, 4.69) is 15.5 Å². The van der Waals surface area contributed by atoms with Crippen molar-refractivity contribution in [3.05, 3.63) is 45.7 Å². The molecule has 3 N–H and O–H groups in total. The van der Waals surface area contributed by atoms with Crippen molar-refractivity contribution in [2.45, 2.75) is 6.42 Å². The fraction of sp³-hybridized carbons (Fsp3) is 0.0833. The minimum atomic E-state index is -0.511. The van der Waals surface area contributed by atoms with Crippen LogP contribution in [0.15, 0.2) is 28.7 Å². The zero-order chi connectivity index (χ0) is 14.5. The van der Waals surface area contributed by atoms with Gasteiger partial charge in [-0.25, -0.2) is 14.8 Å². The predicted molar refractivity (Wildman–Crippen MR) is 77.4 cm³/mol. The second kappa shape index (κ2) is 6.44. The number of hydrogen-bond donors (Lipinski definition) is 2. The van der Waals surface area contributed by atoms with Crippen LogP contribution in [0.2, 0.25) is 5.02 Å². The lowest BCUT2D eigenvalue weighted by Gasteiger charge is -2.00. The Labute approximate surface area is 123 Å². The van der Waals surface area contributed by atoms with Crippen LogP contribution >= 0.6 is 22.9 Å². The summed E-state index contributed by atoms with van der Waals surface area (Å²) in [4.78, 5) is 15.5. The molecule has 1 heterocycles. The lowest BCUT2D eigenvalue weighted by atomic mass is 10.2. The molecule has 0 aliphatic rings. The number of halogens is 2. The van der Waals surface area contributed by atoms with Crippen LogP contribution in [-0.2, 0) is 11.2 Å². The van der Waals surface area contributed by atoms with Crippen molar-refractivity contribution in [3.8, 4) is 0 Å². The molecule has 1 aromatic carbocycles. The number of aromatic nitrogens is 1. The van der Waals surface area contributed by atoms with Gasteiger partial charge in [0.2, 0.25) is 5.91 Å². The molecule has 0 radical (unpaired) electrons. The maximum absolute atomic E-state index is 13.4. The van der Waals surface area contributed by atoms with E-state index in [4.69, 9.17) is 17.3 Å². The van der Waals surface area contributed by atoms with Crippen LogP contribution < -0.4 is 11.2 Å². The molecule has 0 bridgehead atoms. The third kappa shape index (κ3) is 3.75. The van der Waals surface area contributed by atoms with Crippen molar-refractivity contribution >= 4 is 40.2 Å². The number of carbonyl (C=O) groups is 1.